The zero-order valence-corrected chi connectivity index (χ0v) is 21.8. The summed E-state index contributed by atoms with van der Waals surface area (Å²) in [5.74, 6) is 0.246. The van der Waals surface area contributed by atoms with Crippen LogP contribution in [0.15, 0.2) is 36.7 Å². The van der Waals surface area contributed by atoms with Crippen LogP contribution in [-0.2, 0) is 16.0 Å². The molecule has 2 aliphatic heterocycles. The van der Waals surface area contributed by atoms with Gasteiger partial charge < -0.3 is 19.5 Å². The number of carboxylic acids is 1. The van der Waals surface area contributed by atoms with Crippen molar-refractivity contribution in [3.63, 3.8) is 0 Å². The first-order valence-electron chi connectivity index (χ1n) is 13.4. The molecule has 1 aromatic carbocycles. The van der Waals surface area contributed by atoms with Crippen molar-refractivity contribution >= 4 is 11.9 Å². The van der Waals surface area contributed by atoms with Gasteiger partial charge in [0, 0.05) is 50.4 Å². The highest BCUT2D eigenvalue weighted by Crippen LogP contribution is 2.42. The Hall–Kier alpha value is -3.20. The van der Waals surface area contributed by atoms with E-state index in [1.54, 1.807) is 18.5 Å². The zero-order chi connectivity index (χ0) is 26.2. The van der Waals surface area contributed by atoms with Crippen molar-refractivity contribution in [1.29, 1.82) is 0 Å². The minimum Gasteiger partial charge on any atom is -0.481 e. The Kier molecular flexibility index (Phi) is 9.33. The van der Waals surface area contributed by atoms with Gasteiger partial charge in [0.05, 0.1) is 12.5 Å². The summed E-state index contributed by atoms with van der Waals surface area (Å²) in [6, 6.07) is 7.10. The average Bonchev–Trinajstić information content (AvgIpc) is 3.52. The van der Waals surface area contributed by atoms with Gasteiger partial charge in [-0.1, -0.05) is 32.8 Å². The minimum absolute atomic E-state index is 0.0679. The number of benzene rings is 1. The second-order valence-corrected chi connectivity index (χ2v) is 9.87. The molecule has 2 aliphatic rings. The number of hydrogen-bond acceptors (Lipinski definition) is 7. The fourth-order valence-electron chi connectivity index (χ4n) is 5.40. The number of carbonyl (C=O) groups excluding carboxylic acids is 1. The fourth-order valence-corrected chi connectivity index (χ4v) is 5.40. The summed E-state index contributed by atoms with van der Waals surface area (Å²) < 4.78 is 11.0. The molecule has 2 aromatic rings. The third kappa shape index (κ3) is 6.57. The van der Waals surface area contributed by atoms with E-state index in [-0.39, 0.29) is 31.2 Å². The Morgan fingerprint density at radius 3 is 2.46 bits per heavy atom. The number of hydrogen-bond donors (Lipinski definition) is 1. The molecule has 0 saturated carbocycles. The molecule has 9 heteroatoms. The average molecular weight is 511 g/mol. The predicted octanol–water partition coefficient (Wildman–Crippen LogP) is 3.74. The minimum atomic E-state index is -0.856. The lowest BCUT2D eigenvalue weighted by atomic mass is 9.83. The number of unbranched alkanes of at least 4 members (excludes halogenated alkanes) is 2. The van der Waals surface area contributed by atoms with Gasteiger partial charge in [0.2, 0.25) is 12.7 Å². The zero-order valence-electron chi connectivity index (χ0n) is 21.8. The second-order valence-electron chi connectivity index (χ2n) is 9.87. The predicted molar refractivity (Wildman–Crippen MR) is 139 cm³/mol. The molecule has 1 amide bonds. The summed E-state index contributed by atoms with van der Waals surface area (Å²) in [5, 5.41) is 10.4. The van der Waals surface area contributed by atoms with Gasteiger partial charge in [-0.3, -0.25) is 14.5 Å². The molecule has 0 bridgehead atoms. The molecule has 1 saturated heterocycles. The molecule has 0 aliphatic carbocycles. The fraction of sp³-hybridized carbons (Fsp3) is 0.571. The highest BCUT2D eigenvalue weighted by atomic mass is 16.7. The quantitative estimate of drug-likeness (QED) is 0.435. The van der Waals surface area contributed by atoms with Crippen LogP contribution in [0.3, 0.4) is 0 Å². The van der Waals surface area contributed by atoms with Gasteiger partial charge in [-0.25, -0.2) is 9.97 Å². The highest BCUT2D eigenvalue weighted by Gasteiger charge is 2.47. The van der Waals surface area contributed by atoms with Gasteiger partial charge in [-0.15, -0.1) is 0 Å². The van der Waals surface area contributed by atoms with Crippen molar-refractivity contribution in [2.24, 2.45) is 5.92 Å². The summed E-state index contributed by atoms with van der Waals surface area (Å²) in [5.41, 5.74) is 0.890. The first-order valence-corrected chi connectivity index (χ1v) is 13.4. The highest BCUT2D eigenvalue weighted by molar-refractivity contribution is 5.79. The normalized spacial score (nSPS) is 20.8. The largest absolute Gasteiger partial charge is 0.481 e. The lowest BCUT2D eigenvalue weighted by molar-refractivity contribution is -0.143. The van der Waals surface area contributed by atoms with Crippen molar-refractivity contribution in [3.05, 3.63) is 48.0 Å². The van der Waals surface area contributed by atoms with Gasteiger partial charge in [-0.2, -0.15) is 0 Å². The molecule has 3 atom stereocenters. The molecule has 37 heavy (non-hydrogen) atoms. The molecule has 0 unspecified atom stereocenters. The van der Waals surface area contributed by atoms with Crippen LogP contribution in [0.1, 0.15) is 63.3 Å². The molecule has 4 rings (SSSR count). The van der Waals surface area contributed by atoms with Gasteiger partial charge in [0.1, 0.15) is 5.82 Å². The van der Waals surface area contributed by atoms with Gasteiger partial charge in [0.25, 0.3) is 0 Å². The first-order chi connectivity index (χ1) is 18.0. The van der Waals surface area contributed by atoms with Crippen LogP contribution in [0, 0.1) is 5.92 Å². The van der Waals surface area contributed by atoms with E-state index in [0.29, 0.717) is 36.7 Å². The summed E-state index contributed by atoms with van der Waals surface area (Å²) in [7, 11) is 0. The topological polar surface area (TPSA) is 105 Å². The molecule has 9 nitrogen and oxygen atoms in total. The number of ether oxygens (including phenoxy) is 2. The van der Waals surface area contributed by atoms with Crippen LogP contribution in [0.4, 0.5) is 0 Å². The lowest BCUT2D eigenvalue weighted by Crippen LogP contribution is -2.44. The van der Waals surface area contributed by atoms with E-state index in [0.717, 1.165) is 44.3 Å². The standard InChI is InChI=1S/C28H38N4O5/c1-3-5-14-31(15-6-4-2)26(33)18-32-17-21(20-8-10-23-24(16-20)37-19-36-23)27(28(34)35)22(32)9-11-25-29-12-7-13-30-25/h7-8,10,12-13,16,21-22,27H,3-6,9,11,14-15,17-19H2,1-2H3,(H,34,35)/t21-,22-,27+/m1/s1. The van der Waals surface area contributed by atoms with Crippen LogP contribution >= 0.6 is 0 Å². The van der Waals surface area contributed by atoms with Crippen LogP contribution in [0.5, 0.6) is 11.5 Å². The van der Waals surface area contributed by atoms with E-state index in [4.69, 9.17) is 9.47 Å². The Morgan fingerprint density at radius 2 is 1.78 bits per heavy atom. The van der Waals surface area contributed by atoms with E-state index < -0.39 is 11.9 Å². The van der Waals surface area contributed by atoms with Gasteiger partial charge in [0.15, 0.2) is 11.5 Å². The third-order valence-electron chi connectivity index (χ3n) is 7.40. The molecule has 200 valence electrons. The van der Waals surface area contributed by atoms with E-state index >= 15 is 0 Å². The second kappa shape index (κ2) is 12.9. The number of nitrogens with zero attached hydrogens (tertiary/aromatic N) is 4. The molecular weight excluding hydrogens is 472 g/mol. The van der Waals surface area contributed by atoms with Crippen LogP contribution < -0.4 is 9.47 Å². The van der Waals surface area contributed by atoms with Crippen molar-refractivity contribution in [1.82, 2.24) is 19.8 Å². The van der Waals surface area contributed by atoms with Crippen molar-refractivity contribution in [2.45, 2.75) is 64.3 Å². The first kappa shape index (κ1) is 26.9. The summed E-state index contributed by atoms with van der Waals surface area (Å²) in [6.07, 6.45) is 8.45. The van der Waals surface area contributed by atoms with E-state index in [1.807, 2.05) is 23.1 Å². The van der Waals surface area contributed by atoms with Gasteiger partial charge >= 0.3 is 5.97 Å². The molecule has 1 aromatic heterocycles. The lowest BCUT2D eigenvalue weighted by Gasteiger charge is -2.29. The molecule has 3 heterocycles. The SMILES string of the molecule is CCCCN(CCCC)C(=O)CN1C[C@H](c2ccc3c(c2)OCO3)[C@H](C(=O)O)[C@H]1CCc1ncccn1. The maximum Gasteiger partial charge on any atom is 0.308 e. The van der Waals surface area contributed by atoms with Crippen LogP contribution in [0.25, 0.3) is 0 Å². The van der Waals surface area contributed by atoms with Gasteiger partial charge in [-0.05, 0) is 43.0 Å². The smallest absolute Gasteiger partial charge is 0.308 e. The maximum atomic E-state index is 13.5. The monoisotopic (exact) mass is 510 g/mol. The summed E-state index contributed by atoms with van der Waals surface area (Å²) in [4.78, 5) is 38.8. The third-order valence-corrected chi connectivity index (χ3v) is 7.40. The number of aliphatic carboxylic acids is 1. The molecule has 1 N–H and O–H groups in total. The molecule has 0 spiro atoms. The molecule has 1 fully saturated rings. The maximum absolute atomic E-state index is 13.5. The van der Waals surface area contributed by atoms with Crippen molar-refractivity contribution in [2.75, 3.05) is 33.0 Å². The van der Waals surface area contributed by atoms with Crippen molar-refractivity contribution < 1.29 is 24.2 Å². The molecule has 0 radical (unpaired) electrons. The summed E-state index contributed by atoms with van der Waals surface area (Å²) >= 11 is 0. The van der Waals surface area contributed by atoms with Crippen molar-refractivity contribution in [3.8, 4) is 11.5 Å². The Labute approximate surface area is 218 Å². The Morgan fingerprint density at radius 1 is 1.08 bits per heavy atom. The number of rotatable bonds is 13. The number of aryl methyl sites for hydroxylation is 1. The number of amides is 1. The Balaban J connectivity index is 1.59. The Bertz CT molecular complexity index is 1040. The van der Waals surface area contributed by atoms with E-state index in [1.165, 1.54) is 0 Å². The van der Waals surface area contributed by atoms with E-state index in [2.05, 4.69) is 28.7 Å². The summed E-state index contributed by atoms with van der Waals surface area (Å²) in [6.45, 7) is 6.57. The van der Waals surface area contributed by atoms with Crippen LogP contribution in [-0.4, -0.2) is 75.8 Å². The van der Waals surface area contributed by atoms with E-state index in [9.17, 15) is 14.7 Å². The number of likely N-dealkylation sites (tertiary alicyclic amines) is 1. The van der Waals surface area contributed by atoms with Crippen LogP contribution in [0.2, 0.25) is 0 Å². The molecular formula is C28H38N4O5. The number of aromatic nitrogens is 2. The number of carbonyl (C=O) groups is 2. The number of fused-ring (bicyclic) bond motifs is 1. The number of carboxylic acid groups (broad SMARTS) is 1.